The molecule has 1 saturated heterocycles. The maximum Gasteiger partial charge on any atom is 0.404 e. The lowest BCUT2D eigenvalue weighted by molar-refractivity contribution is -0.107. The highest BCUT2D eigenvalue weighted by molar-refractivity contribution is 7.89. The van der Waals surface area contributed by atoms with E-state index in [9.17, 15) is 21.6 Å². The number of benzene rings is 1. The number of nitrogens with one attached hydrogen (secondary N) is 1. The van der Waals surface area contributed by atoms with Crippen LogP contribution in [0.3, 0.4) is 0 Å². The Kier molecular flexibility index (Phi) is 5.88. The zero-order valence-corrected chi connectivity index (χ0v) is 18.2. The molecule has 3 N–H and O–H groups in total. The number of hydrogen-bond donors (Lipinski definition) is 2. The molecular weight excluding hydrogens is 465 g/mol. The SMILES string of the molecule is CN(c1ccccc1)c1nc(N)nc(C2([C@H]3CCCN3S(=O)(=O)CC(F)(F)F)N=CON2)n1. The Morgan fingerprint density at radius 2 is 2.00 bits per heavy atom. The van der Waals surface area contributed by atoms with Gasteiger partial charge in [-0.2, -0.15) is 32.4 Å². The Morgan fingerprint density at radius 3 is 2.64 bits per heavy atom. The molecule has 2 aromatic rings. The lowest BCUT2D eigenvalue weighted by atomic mass is 9.99. The predicted molar refractivity (Wildman–Crippen MR) is 113 cm³/mol. The third-order valence-corrected chi connectivity index (χ3v) is 7.18. The summed E-state index contributed by atoms with van der Waals surface area (Å²) in [4.78, 5) is 23.6. The highest BCUT2D eigenvalue weighted by Crippen LogP contribution is 2.39. The standard InChI is InChI=1S/C18H21F3N8O3S/c1-28(12-6-3-2-4-7-12)16-25-14(24-15(22)26-16)18(23-11-32-27-18)13-8-5-9-29(13)33(30,31)10-17(19,20)21/h2-4,6-7,11,13,27H,5,8-10H2,1H3,(H2,22,24,25,26)/t13-,18?/m1/s1. The van der Waals surface area contributed by atoms with Crippen LogP contribution in [0.25, 0.3) is 0 Å². The predicted octanol–water partition coefficient (Wildman–Crippen LogP) is 1.29. The van der Waals surface area contributed by atoms with Crippen molar-refractivity contribution < 1.29 is 26.4 Å². The summed E-state index contributed by atoms with van der Waals surface area (Å²) in [5.41, 5.74) is 7.53. The molecule has 1 unspecified atom stereocenters. The fourth-order valence-electron chi connectivity index (χ4n) is 3.91. The first-order valence-electron chi connectivity index (χ1n) is 9.85. The largest absolute Gasteiger partial charge is 0.404 e. The van der Waals surface area contributed by atoms with Gasteiger partial charge in [0, 0.05) is 19.3 Å². The van der Waals surface area contributed by atoms with Crippen molar-refractivity contribution in [3.05, 3.63) is 36.2 Å². The second kappa shape index (κ2) is 8.39. The highest BCUT2D eigenvalue weighted by Gasteiger charge is 2.55. The molecule has 0 amide bonds. The van der Waals surface area contributed by atoms with E-state index in [-0.39, 0.29) is 30.7 Å². The smallest absolute Gasteiger partial charge is 0.394 e. The van der Waals surface area contributed by atoms with Gasteiger partial charge in [-0.15, -0.1) is 5.48 Å². The van der Waals surface area contributed by atoms with Gasteiger partial charge in [0.2, 0.25) is 27.6 Å². The van der Waals surface area contributed by atoms with Crippen LogP contribution >= 0.6 is 0 Å². The zero-order valence-electron chi connectivity index (χ0n) is 17.4. The van der Waals surface area contributed by atoms with Crippen molar-refractivity contribution in [1.29, 1.82) is 0 Å². The van der Waals surface area contributed by atoms with Gasteiger partial charge >= 0.3 is 6.18 Å². The van der Waals surface area contributed by atoms with E-state index < -0.39 is 33.7 Å². The second-order valence-corrected chi connectivity index (χ2v) is 9.49. The summed E-state index contributed by atoms with van der Waals surface area (Å²) in [6.45, 7) is -0.112. The van der Waals surface area contributed by atoms with Crippen molar-refractivity contribution in [2.24, 2.45) is 4.99 Å². The van der Waals surface area contributed by atoms with Gasteiger partial charge in [-0.25, -0.2) is 13.4 Å². The molecule has 15 heteroatoms. The molecule has 0 saturated carbocycles. The molecule has 178 valence electrons. The molecule has 1 fully saturated rings. The number of hydroxylamine groups is 1. The minimum absolute atomic E-state index is 0.0827. The van der Waals surface area contributed by atoms with Crippen LogP contribution in [0.2, 0.25) is 0 Å². The van der Waals surface area contributed by atoms with Crippen molar-refractivity contribution in [3.8, 4) is 0 Å². The minimum Gasteiger partial charge on any atom is -0.394 e. The van der Waals surface area contributed by atoms with Crippen LogP contribution in [-0.4, -0.2) is 65.6 Å². The average Bonchev–Trinajstić information content (AvgIpc) is 3.42. The van der Waals surface area contributed by atoms with E-state index in [0.29, 0.717) is 6.42 Å². The first-order chi connectivity index (χ1) is 15.5. The maximum atomic E-state index is 13.0. The number of alkyl halides is 3. The van der Waals surface area contributed by atoms with E-state index in [1.54, 1.807) is 11.9 Å². The number of aliphatic imine (C=N–C) groups is 1. The molecule has 4 rings (SSSR count). The van der Waals surface area contributed by atoms with Gasteiger partial charge in [-0.3, -0.25) is 0 Å². The van der Waals surface area contributed by atoms with Crippen molar-refractivity contribution in [1.82, 2.24) is 24.7 Å². The van der Waals surface area contributed by atoms with Crippen molar-refractivity contribution >= 4 is 34.0 Å². The van der Waals surface area contributed by atoms with Gasteiger partial charge in [0.15, 0.2) is 18.0 Å². The monoisotopic (exact) mass is 486 g/mol. The number of nitrogens with two attached hydrogens (primary N) is 1. The Hall–Kier alpha value is -3.04. The van der Waals surface area contributed by atoms with Crippen LogP contribution in [0.15, 0.2) is 35.3 Å². The number of para-hydroxylation sites is 1. The van der Waals surface area contributed by atoms with Crippen molar-refractivity contribution in [2.75, 3.05) is 30.0 Å². The molecule has 3 heterocycles. The highest BCUT2D eigenvalue weighted by atomic mass is 32.2. The Bertz CT molecular complexity index is 1150. The summed E-state index contributed by atoms with van der Waals surface area (Å²) < 4.78 is 64.9. The normalized spacial score (nSPS) is 23.6. The summed E-state index contributed by atoms with van der Waals surface area (Å²) in [5, 5.41) is 0. The lowest BCUT2D eigenvalue weighted by Crippen LogP contribution is -2.56. The first kappa shape index (κ1) is 23.1. The molecule has 33 heavy (non-hydrogen) atoms. The van der Waals surface area contributed by atoms with Gasteiger partial charge in [0.05, 0.1) is 6.04 Å². The Labute approximate surface area is 187 Å². The number of nitrogens with zero attached hydrogens (tertiary/aromatic N) is 6. The molecule has 1 aromatic carbocycles. The Balaban J connectivity index is 1.76. The van der Waals surface area contributed by atoms with Gasteiger partial charge in [-0.05, 0) is 25.0 Å². The van der Waals surface area contributed by atoms with E-state index in [2.05, 4.69) is 25.4 Å². The molecule has 11 nitrogen and oxygen atoms in total. The van der Waals surface area contributed by atoms with E-state index in [1.807, 2.05) is 30.3 Å². The molecular formula is C18H21F3N8O3S. The van der Waals surface area contributed by atoms with Gasteiger partial charge in [0.1, 0.15) is 0 Å². The summed E-state index contributed by atoms with van der Waals surface area (Å²) in [7, 11) is -3.01. The zero-order chi connectivity index (χ0) is 23.9. The number of aromatic nitrogens is 3. The lowest BCUT2D eigenvalue weighted by Gasteiger charge is -2.35. The van der Waals surface area contributed by atoms with Crippen LogP contribution in [0.4, 0.5) is 30.8 Å². The molecule has 1 aromatic heterocycles. The van der Waals surface area contributed by atoms with Crippen LogP contribution in [-0.2, 0) is 20.5 Å². The quantitative estimate of drug-likeness (QED) is 0.618. The summed E-state index contributed by atoms with van der Waals surface area (Å²) in [6, 6.07) is 8.01. The summed E-state index contributed by atoms with van der Waals surface area (Å²) in [5.74, 6) is -2.11. The number of nitrogen functional groups attached to an aromatic ring is 1. The van der Waals surface area contributed by atoms with Crippen molar-refractivity contribution in [3.63, 3.8) is 0 Å². The number of rotatable bonds is 6. The van der Waals surface area contributed by atoms with Crippen LogP contribution in [0.5, 0.6) is 0 Å². The first-order valence-corrected chi connectivity index (χ1v) is 11.5. The molecule has 0 radical (unpaired) electrons. The fraction of sp³-hybridized carbons (Fsp3) is 0.444. The third kappa shape index (κ3) is 4.56. The fourth-order valence-corrected chi connectivity index (χ4v) is 5.54. The van der Waals surface area contributed by atoms with Gasteiger partial charge in [0.25, 0.3) is 0 Å². The maximum absolute atomic E-state index is 13.0. The topological polar surface area (TPSA) is 139 Å². The Morgan fingerprint density at radius 1 is 1.27 bits per heavy atom. The van der Waals surface area contributed by atoms with E-state index in [4.69, 9.17) is 10.6 Å². The van der Waals surface area contributed by atoms with Gasteiger partial charge in [-0.1, -0.05) is 18.2 Å². The number of halogens is 3. The molecule has 0 spiro atoms. The molecule has 2 atom stereocenters. The summed E-state index contributed by atoms with van der Waals surface area (Å²) in [6.07, 6.45) is -3.36. The van der Waals surface area contributed by atoms with E-state index >= 15 is 0 Å². The molecule has 2 aliphatic heterocycles. The number of anilines is 3. The number of sulfonamides is 1. The molecule has 2 aliphatic rings. The summed E-state index contributed by atoms with van der Waals surface area (Å²) >= 11 is 0. The van der Waals surface area contributed by atoms with Crippen LogP contribution in [0.1, 0.15) is 18.7 Å². The van der Waals surface area contributed by atoms with Gasteiger partial charge < -0.3 is 15.5 Å². The van der Waals surface area contributed by atoms with Crippen molar-refractivity contribution in [2.45, 2.75) is 30.7 Å². The molecule has 0 aliphatic carbocycles. The third-order valence-electron chi connectivity index (χ3n) is 5.34. The number of hydrogen-bond acceptors (Lipinski definition) is 10. The van der Waals surface area contributed by atoms with Crippen LogP contribution < -0.4 is 16.1 Å². The van der Waals surface area contributed by atoms with Crippen LogP contribution in [0, 0.1) is 0 Å². The average molecular weight is 486 g/mol. The molecule has 0 bridgehead atoms. The minimum atomic E-state index is -4.90. The van der Waals surface area contributed by atoms with E-state index in [0.717, 1.165) is 16.4 Å². The second-order valence-electron chi connectivity index (χ2n) is 7.57. The van der Waals surface area contributed by atoms with E-state index in [1.165, 1.54) is 0 Å².